The number of carbonyl (C=O) groups is 3. The quantitative estimate of drug-likeness (QED) is 0.677. The van der Waals surface area contributed by atoms with Crippen molar-refractivity contribution in [2.45, 2.75) is 37.8 Å². The van der Waals surface area contributed by atoms with E-state index in [0.29, 0.717) is 17.9 Å². The highest BCUT2D eigenvalue weighted by molar-refractivity contribution is 6.09. The van der Waals surface area contributed by atoms with Gasteiger partial charge in [-0.3, -0.25) is 14.5 Å². The number of hydrogen-bond donors (Lipinski definition) is 2. The smallest absolute Gasteiger partial charge is 0.325 e. The molecule has 0 radical (unpaired) electrons. The molecule has 0 saturated carbocycles. The molecule has 4 rings (SSSR count). The number of methoxy groups -OCH3 is 2. The maximum atomic E-state index is 13.4. The number of benzene rings is 2. The van der Waals surface area contributed by atoms with Gasteiger partial charge in [0.25, 0.3) is 5.91 Å². The number of nitrogens with zero attached hydrogens (tertiary/aromatic N) is 1. The second kappa shape index (κ2) is 8.90. The van der Waals surface area contributed by atoms with Gasteiger partial charge in [-0.15, -0.1) is 0 Å². The molecule has 0 unspecified atom stereocenters. The molecule has 1 saturated heterocycles. The van der Waals surface area contributed by atoms with E-state index in [1.54, 1.807) is 26.4 Å². The predicted octanol–water partition coefficient (Wildman–Crippen LogP) is 2.49. The van der Waals surface area contributed by atoms with Crippen LogP contribution in [-0.4, -0.2) is 43.5 Å². The second-order valence-electron chi connectivity index (χ2n) is 8.06. The second-order valence-corrected chi connectivity index (χ2v) is 8.06. The minimum Gasteiger partial charge on any atom is -0.493 e. The minimum atomic E-state index is -1.09. The van der Waals surface area contributed by atoms with Crippen molar-refractivity contribution < 1.29 is 23.9 Å². The van der Waals surface area contributed by atoms with Crippen LogP contribution in [0, 0.1) is 0 Å². The fourth-order valence-corrected chi connectivity index (χ4v) is 4.51. The summed E-state index contributed by atoms with van der Waals surface area (Å²) in [6.45, 7) is -0.0985. The van der Waals surface area contributed by atoms with Crippen LogP contribution >= 0.6 is 0 Å². The van der Waals surface area contributed by atoms with E-state index in [1.807, 2.05) is 30.3 Å². The van der Waals surface area contributed by atoms with Gasteiger partial charge >= 0.3 is 6.03 Å². The molecule has 4 amide bonds. The maximum absolute atomic E-state index is 13.4. The molecule has 1 atom stereocenters. The van der Waals surface area contributed by atoms with Gasteiger partial charge in [-0.05, 0) is 54.5 Å². The van der Waals surface area contributed by atoms with Crippen LogP contribution in [0.5, 0.6) is 11.5 Å². The molecular weight excluding hydrogens is 410 g/mol. The van der Waals surface area contributed by atoms with Crippen LogP contribution in [0.3, 0.4) is 0 Å². The van der Waals surface area contributed by atoms with Gasteiger partial charge in [-0.1, -0.05) is 30.3 Å². The summed E-state index contributed by atoms with van der Waals surface area (Å²) < 4.78 is 10.5. The van der Waals surface area contributed by atoms with Gasteiger partial charge in [0.1, 0.15) is 12.1 Å². The Hall–Kier alpha value is -3.55. The van der Waals surface area contributed by atoms with Crippen molar-refractivity contribution in [3.8, 4) is 11.5 Å². The highest BCUT2D eigenvalue weighted by atomic mass is 16.5. The minimum absolute atomic E-state index is 0.233. The van der Waals surface area contributed by atoms with Crippen LogP contribution in [-0.2, 0) is 28.1 Å². The van der Waals surface area contributed by atoms with Gasteiger partial charge < -0.3 is 20.1 Å². The molecule has 1 fully saturated rings. The standard InChI is InChI=1S/C24H27N3O5/c1-31-19-11-10-16(13-20(19)32-2)14-25-21(28)15-27-22(29)24(26-23(27)30)12-6-5-8-17-7-3-4-9-18(17)24/h3-4,7,9-11,13H,5-6,8,12,14-15H2,1-2H3,(H,25,28)(H,26,30)/t24-/m1/s1. The van der Waals surface area contributed by atoms with E-state index in [-0.39, 0.29) is 19.0 Å². The fourth-order valence-electron chi connectivity index (χ4n) is 4.51. The fraction of sp³-hybridized carbons (Fsp3) is 0.375. The Bertz CT molecular complexity index is 1050. The third kappa shape index (κ3) is 3.88. The number of carbonyl (C=O) groups excluding carboxylic acids is 3. The van der Waals surface area contributed by atoms with E-state index < -0.39 is 17.5 Å². The van der Waals surface area contributed by atoms with E-state index in [4.69, 9.17) is 9.47 Å². The van der Waals surface area contributed by atoms with Crippen LogP contribution in [0.4, 0.5) is 4.79 Å². The van der Waals surface area contributed by atoms with Crippen molar-refractivity contribution in [3.05, 3.63) is 59.2 Å². The van der Waals surface area contributed by atoms with Crippen LogP contribution in [0.15, 0.2) is 42.5 Å². The Labute approximate surface area is 186 Å². The first-order valence-corrected chi connectivity index (χ1v) is 10.7. The van der Waals surface area contributed by atoms with Gasteiger partial charge in [-0.2, -0.15) is 0 Å². The molecule has 1 heterocycles. The van der Waals surface area contributed by atoms with E-state index in [2.05, 4.69) is 10.6 Å². The first kappa shape index (κ1) is 21.7. The number of imide groups is 1. The van der Waals surface area contributed by atoms with Gasteiger partial charge in [-0.25, -0.2) is 4.79 Å². The van der Waals surface area contributed by atoms with E-state index in [1.165, 1.54) is 0 Å². The lowest BCUT2D eigenvalue weighted by Gasteiger charge is -2.27. The SMILES string of the molecule is COc1ccc(CNC(=O)CN2C(=O)N[C@@]3(CCCCc4ccccc43)C2=O)cc1OC. The highest BCUT2D eigenvalue weighted by Crippen LogP contribution is 2.38. The number of amides is 4. The molecule has 1 aliphatic carbocycles. The highest BCUT2D eigenvalue weighted by Gasteiger charge is 2.53. The zero-order valence-corrected chi connectivity index (χ0v) is 18.3. The number of aryl methyl sites for hydroxylation is 1. The average molecular weight is 437 g/mol. The molecule has 168 valence electrons. The summed E-state index contributed by atoms with van der Waals surface area (Å²) in [7, 11) is 3.09. The number of ether oxygens (including phenoxy) is 2. The molecule has 0 bridgehead atoms. The lowest BCUT2D eigenvalue weighted by molar-refractivity contribution is -0.135. The number of hydrogen-bond acceptors (Lipinski definition) is 5. The van der Waals surface area contributed by atoms with Crippen LogP contribution in [0.25, 0.3) is 0 Å². The Kier molecular flexibility index (Phi) is 6.03. The van der Waals surface area contributed by atoms with E-state index in [0.717, 1.165) is 40.9 Å². The van der Waals surface area contributed by atoms with Crippen molar-refractivity contribution in [1.29, 1.82) is 0 Å². The molecule has 8 nitrogen and oxygen atoms in total. The van der Waals surface area contributed by atoms with E-state index in [9.17, 15) is 14.4 Å². The summed E-state index contributed by atoms with van der Waals surface area (Å²) in [5.41, 5.74) is 1.62. The van der Waals surface area contributed by atoms with Crippen molar-refractivity contribution in [2.75, 3.05) is 20.8 Å². The van der Waals surface area contributed by atoms with Gasteiger partial charge in [0.15, 0.2) is 11.5 Å². The predicted molar refractivity (Wildman–Crippen MR) is 117 cm³/mol. The third-order valence-electron chi connectivity index (χ3n) is 6.14. The van der Waals surface area contributed by atoms with Gasteiger partial charge in [0.05, 0.1) is 14.2 Å². The van der Waals surface area contributed by atoms with Crippen molar-refractivity contribution in [2.24, 2.45) is 0 Å². The summed E-state index contributed by atoms with van der Waals surface area (Å²) in [6, 6.07) is 12.5. The summed E-state index contributed by atoms with van der Waals surface area (Å²) >= 11 is 0. The third-order valence-corrected chi connectivity index (χ3v) is 6.14. The van der Waals surface area contributed by atoms with Crippen LogP contribution < -0.4 is 20.1 Å². The first-order chi connectivity index (χ1) is 15.5. The number of fused-ring (bicyclic) bond motifs is 2. The molecular formula is C24H27N3O5. The summed E-state index contributed by atoms with van der Waals surface area (Å²) in [5, 5.41) is 5.67. The lowest BCUT2D eigenvalue weighted by Crippen LogP contribution is -2.45. The van der Waals surface area contributed by atoms with Crippen LogP contribution in [0.2, 0.25) is 0 Å². The number of nitrogens with one attached hydrogen (secondary N) is 2. The zero-order valence-electron chi connectivity index (χ0n) is 18.3. The number of urea groups is 1. The Morgan fingerprint density at radius 2 is 1.88 bits per heavy atom. The number of rotatable bonds is 6. The molecule has 0 aromatic heterocycles. The maximum Gasteiger partial charge on any atom is 0.325 e. The summed E-state index contributed by atoms with van der Waals surface area (Å²) in [6.07, 6.45) is 3.17. The van der Waals surface area contributed by atoms with Gasteiger partial charge in [0.2, 0.25) is 5.91 Å². The lowest BCUT2D eigenvalue weighted by atomic mass is 9.84. The Balaban J connectivity index is 1.46. The average Bonchev–Trinajstić information content (AvgIpc) is 2.94. The summed E-state index contributed by atoms with van der Waals surface area (Å²) in [5.74, 6) is 0.374. The Morgan fingerprint density at radius 1 is 1.09 bits per heavy atom. The molecule has 2 aliphatic rings. The molecule has 2 aromatic rings. The summed E-state index contributed by atoms with van der Waals surface area (Å²) in [4.78, 5) is 39.7. The zero-order chi connectivity index (χ0) is 22.7. The van der Waals surface area contributed by atoms with Crippen molar-refractivity contribution >= 4 is 17.8 Å². The molecule has 8 heteroatoms. The van der Waals surface area contributed by atoms with Crippen LogP contribution in [0.1, 0.15) is 36.0 Å². The first-order valence-electron chi connectivity index (χ1n) is 10.7. The van der Waals surface area contributed by atoms with Gasteiger partial charge in [0, 0.05) is 6.54 Å². The largest absolute Gasteiger partial charge is 0.493 e. The molecule has 1 aliphatic heterocycles. The van der Waals surface area contributed by atoms with Crippen molar-refractivity contribution in [1.82, 2.24) is 15.5 Å². The Morgan fingerprint density at radius 3 is 2.66 bits per heavy atom. The molecule has 2 N–H and O–H groups in total. The normalized spacial score (nSPS) is 19.9. The van der Waals surface area contributed by atoms with Crippen molar-refractivity contribution in [3.63, 3.8) is 0 Å². The van der Waals surface area contributed by atoms with E-state index >= 15 is 0 Å². The molecule has 2 aromatic carbocycles. The topological polar surface area (TPSA) is 97.0 Å². The molecule has 32 heavy (non-hydrogen) atoms. The monoisotopic (exact) mass is 437 g/mol. The molecule has 1 spiro atoms.